The smallest absolute Gasteiger partial charge is 0.169 e. The number of nitrogens with two attached hydrogens (primary N) is 1. The van der Waals surface area contributed by atoms with Crippen LogP contribution in [0.25, 0.3) is 16.7 Å². The highest BCUT2D eigenvalue weighted by atomic mass is 32.2. The molecule has 4 aromatic rings. The highest BCUT2D eigenvalue weighted by Gasteiger charge is 2.17. The number of benzene rings is 2. The topological polar surface area (TPSA) is 94.0 Å². The first-order valence-electron chi connectivity index (χ1n) is 8.24. The van der Waals surface area contributed by atoms with E-state index in [1.54, 1.807) is 18.0 Å². The van der Waals surface area contributed by atoms with Crippen LogP contribution in [0.2, 0.25) is 0 Å². The molecule has 0 spiro atoms. The molecule has 0 saturated heterocycles. The number of anilines is 2. The lowest BCUT2D eigenvalue weighted by Gasteiger charge is -2.03. The van der Waals surface area contributed by atoms with Gasteiger partial charge in [0, 0.05) is 5.69 Å². The van der Waals surface area contributed by atoms with Gasteiger partial charge in [0.15, 0.2) is 11.5 Å². The van der Waals surface area contributed by atoms with Crippen LogP contribution in [0.15, 0.2) is 71.1 Å². The standard InChI is InChI=1S/C19H17N7S/c1-27-19-16-17(24-23-11-13-7-9-14(20)10-8-13)21-12-22-18(16)26(25-19)15-5-3-2-4-6-15/h2-12H,20H2,1H3,(H,21,22,24)/b23-11+. The van der Waals surface area contributed by atoms with Gasteiger partial charge in [-0.15, -0.1) is 11.8 Å². The van der Waals surface area contributed by atoms with Crippen LogP contribution in [-0.2, 0) is 0 Å². The maximum absolute atomic E-state index is 5.70. The Morgan fingerprint density at radius 3 is 2.59 bits per heavy atom. The summed E-state index contributed by atoms with van der Waals surface area (Å²) in [5.74, 6) is 0.609. The van der Waals surface area contributed by atoms with E-state index >= 15 is 0 Å². The molecule has 8 heteroatoms. The molecule has 3 N–H and O–H groups in total. The van der Waals surface area contributed by atoms with Crippen molar-refractivity contribution >= 4 is 40.5 Å². The summed E-state index contributed by atoms with van der Waals surface area (Å²) in [6.07, 6.45) is 5.20. The molecule has 2 aromatic carbocycles. The second kappa shape index (κ2) is 7.46. The maximum Gasteiger partial charge on any atom is 0.169 e. The first-order chi connectivity index (χ1) is 13.3. The van der Waals surface area contributed by atoms with E-state index in [0.717, 1.165) is 33.0 Å². The van der Waals surface area contributed by atoms with Crippen molar-refractivity contribution in [3.05, 3.63) is 66.5 Å². The summed E-state index contributed by atoms with van der Waals surface area (Å²) in [4.78, 5) is 8.78. The molecule has 134 valence electrons. The lowest BCUT2D eigenvalue weighted by molar-refractivity contribution is 0.852. The van der Waals surface area contributed by atoms with Crippen LogP contribution in [0.5, 0.6) is 0 Å². The van der Waals surface area contributed by atoms with Gasteiger partial charge < -0.3 is 5.73 Å². The number of aromatic nitrogens is 4. The zero-order valence-electron chi connectivity index (χ0n) is 14.6. The third-order valence-electron chi connectivity index (χ3n) is 3.95. The van der Waals surface area contributed by atoms with Gasteiger partial charge in [-0.1, -0.05) is 30.3 Å². The molecule has 2 heterocycles. The van der Waals surface area contributed by atoms with Gasteiger partial charge in [-0.2, -0.15) is 10.2 Å². The molecule has 2 aromatic heterocycles. The summed E-state index contributed by atoms with van der Waals surface area (Å²) in [5, 5.41) is 10.7. The van der Waals surface area contributed by atoms with E-state index in [1.807, 2.05) is 65.5 Å². The van der Waals surface area contributed by atoms with E-state index in [2.05, 4.69) is 25.6 Å². The number of hydrazone groups is 1. The number of nitrogens with zero attached hydrogens (tertiary/aromatic N) is 5. The Bertz CT molecular complexity index is 1090. The van der Waals surface area contributed by atoms with Gasteiger partial charge in [-0.3, -0.25) is 5.43 Å². The molecule has 0 unspecified atom stereocenters. The van der Waals surface area contributed by atoms with Crippen LogP contribution in [0.4, 0.5) is 11.5 Å². The van der Waals surface area contributed by atoms with Crippen molar-refractivity contribution in [3.63, 3.8) is 0 Å². The van der Waals surface area contributed by atoms with E-state index < -0.39 is 0 Å². The average Bonchev–Trinajstić information content (AvgIpc) is 3.10. The number of para-hydroxylation sites is 1. The Morgan fingerprint density at radius 1 is 1.07 bits per heavy atom. The fourth-order valence-corrected chi connectivity index (χ4v) is 3.20. The van der Waals surface area contributed by atoms with Gasteiger partial charge >= 0.3 is 0 Å². The van der Waals surface area contributed by atoms with E-state index in [4.69, 9.17) is 5.73 Å². The van der Waals surface area contributed by atoms with Crippen molar-refractivity contribution in [3.8, 4) is 5.69 Å². The summed E-state index contributed by atoms with van der Waals surface area (Å²) >= 11 is 1.54. The summed E-state index contributed by atoms with van der Waals surface area (Å²) in [6.45, 7) is 0. The van der Waals surface area contributed by atoms with Gasteiger partial charge in [0.2, 0.25) is 0 Å². The second-order valence-corrected chi connectivity index (χ2v) is 6.51. The van der Waals surface area contributed by atoms with Crippen LogP contribution in [-0.4, -0.2) is 32.2 Å². The minimum atomic E-state index is 0.609. The van der Waals surface area contributed by atoms with Gasteiger partial charge in [0.25, 0.3) is 0 Å². The minimum Gasteiger partial charge on any atom is -0.399 e. The summed E-state index contributed by atoms with van der Waals surface area (Å²) < 4.78 is 1.82. The van der Waals surface area contributed by atoms with Crippen LogP contribution in [0, 0.1) is 0 Å². The van der Waals surface area contributed by atoms with Crippen LogP contribution < -0.4 is 11.2 Å². The van der Waals surface area contributed by atoms with Crippen molar-refractivity contribution < 1.29 is 0 Å². The zero-order chi connectivity index (χ0) is 18.6. The highest BCUT2D eigenvalue weighted by Crippen LogP contribution is 2.30. The first kappa shape index (κ1) is 17.0. The van der Waals surface area contributed by atoms with Crippen molar-refractivity contribution in [2.24, 2.45) is 5.10 Å². The van der Waals surface area contributed by atoms with E-state index in [0.29, 0.717) is 5.82 Å². The molecule has 27 heavy (non-hydrogen) atoms. The number of rotatable bonds is 5. The van der Waals surface area contributed by atoms with Gasteiger partial charge in [0.05, 0.1) is 17.3 Å². The third kappa shape index (κ3) is 3.47. The average molecular weight is 375 g/mol. The molecule has 0 aliphatic carbocycles. The van der Waals surface area contributed by atoms with Crippen molar-refractivity contribution in [2.45, 2.75) is 5.03 Å². The van der Waals surface area contributed by atoms with Crippen molar-refractivity contribution in [1.82, 2.24) is 19.7 Å². The van der Waals surface area contributed by atoms with Gasteiger partial charge in [0.1, 0.15) is 11.4 Å². The molecular formula is C19H17N7S. The molecule has 4 rings (SSSR count). The number of hydrogen-bond donors (Lipinski definition) is 2. The lowest BCUT2D eigenvalue weighted by atomic mass is 10.2. The molecule has 0 saturated carbocycles. The number of thioether (sulfide) groups is 1. The van der Waals surface area contributed by atoms with Crippen molar-refractivity contribution in [1.29, 1.82) is 0 Å². The van der Waals surface area contributed by atoms with Gasteiger partial charge in [-0.05, 0) is 36.1 Å². The Balaban J connectivity index is 1.71. The number of nitrogens with one attached hydrogen (secondary N) is 1. The van der Waals surface area contributed by atoms with Crippen LogP contribution >= 0.6 is 11.8 Å². The quantitative estimate of drug-likeness (QED) is 0.240. The monoisotopic (exact) mass is 375 g/mol. The predicted octanol–water partition coefficient (Wildman–Crippen LogP) is 3.57. The van der Waals surface area contributed by atoms with Gasteiger partial charge in [-0.25, -0.2) is 14.6 Å². The number of nitrogen functional groups attached to an aromatic ring is 1. The Morgan fingerprint density at radius 2 is 1.85 bits per heavy atom. The van der Waals surface area contributed by atoms with Crippen LogP contribution in [0.3, 0.4) is 0 Å². The lowest BCUT2D eigenvalue weighted by Crippen LogP contribution is -1.99. The van der Waals surface area contributed by atoms with E-state index in [1.165, 1.54) is 6.33 Å². The molecule has 0 bridgehead atoms. The molecule has 0 aliphatic heterocycles. The molecule has 0 atom stereocenters. The number of hydrogen-bond acceptors (Lipinski definition) is 7. The molecule has 0 amide bonds. The van der Waals surface area contributed by atoms with E-state index in [-0.39, 0.29) is 0 Å². The predicted molar refractivity (Wildman–Crippen MR) is 111 cm³/mol. The zero-order valence-corrected chi connectivity index (χ0v) is 15.4. The molecule has 0 radical (unpaired) electrons. The first-order valence-corrected chi connectivity index (χ1v) is 9.46. The Hall–Kier alpha value is -3.39. The molecule has 0 aliphatic rings. The fourth-order valence-electron chi connectivity index (χ4n) is 2.65. The molecule has 0 fully saturated rings. The summed E-state index contributed by atoms with van der Waals surface area (Å²) in [5.41, 5.74) is 12.0. The normalized spacial score (nSPS) is 11.3. The highest BCUT2D eigenvalue weighted by molar-refractivity contribution is 7.98. The minimum absolute atomic E-state index is 0.609. The third-order valence-corrected chi connectivity index (χ3v) is 4.62. The summed E-state index contributed by atoms with van der Waals surface area (Å²) in [7, 11) is 0. The Kier molecular flexibility index (Phi) is 4.71. The summed E-state index contributed by atoms with van der Waals surface area (Å²) in [6, 6.07) is 17.4. The van der Waals surface area contributed by atoms with Crippen molar-refractivity contribution in [2.75, 3.05) is 17.4 Å². The Labute approximate surface area is 160 Å². The SMILES string of the molecule is CSc1nn(-c2ccccc2)c2ncnc(N/N=C/c3ccc(N)cc3)c12. The van der Waals surface area contributed by atoms with E-state index in [9.17, 15) is 0 Å². The molecule has 7 nitrogen and oxygen atoms in total. The molecular weight excluding hydrogens is 358 g/mol. The number of fused-ring (bicyclic) bond motifs is 1. The second-order valence-electron chi connectivity index (χ2n) is 5.71. The maximum atomic E-state index is 5.70. The van der Waals surface area contributed by atoms with Crippen LogP contribution in [0.1, 0.15) is 5.56 Å². The fraction of sp³-hybridized carbons (Fsp3) is 0.0526. The largest absolute Gasteiger partial charge is 0.399 e.